The van der Waals surface area contributed by atoms with Gasteiger partial charge in [-0.05, 0) is 0 Å². The highest BCUT2D eigenvalue weighted by Crippen LogP contribution is 2.37. The second-order valence-corrected chi connectivity index (χ2v) is 3.22. The van der Waals surface area contributed by atoms with Gasteiger partial charge in [0.25, 0.3) is 6.43 Å². The summed E-state index contributed by atoms with van der Waals surface area (Å²) in [6.45, 7) is 0. The van der Waals surface area contributed by atoms with E-state index in [1.165, 1.54) is 6.07 Å². The van der Waals surface area contributed by atoms with Gasteiger partial charge in [0.1, 0.15) is 11.6 Å². The van der Waals surface area contributed by atoms with Gasteiger partial charge in [0.05, 0.1) is 17.1 Å². The molecule has 0 aromatic carbocycles. The molecule has 0 N–H and O–H groups in total. The topological polar surface area (TPSA) is 45.9 Å². The van der Waals surface area contributed by atoms with Crippen molar-refractivity contribution in [1.29, 1.82) is 5.26 Å². The van der Waals surface area contributed by atoms with Crippen molar-refractivity contribution in [3.63, 3.8) is 0 Å². The molecular weight excluding hydrogens is 283 g/mol. The molecule has 0 unspecified atom stereocenters. The average molecular weight is 287 g/mol. The zero-order chi connectivity index (χ0) is 13.9. The molecule has 0 fully saturated rings. The van der Waals surface area contributed by atoms with Gasteiger partial charge < -0.3 is 4.74 Å². The van der Waals surface area contributed by atoms with Crippen molar-refractivity contribution >= 4 is 11.6 Å². The van der Waals surface area contributed by atoms with Gasteiger partial charge in [-0.15, -0.1) is 24.8 Å². The van der Waals surface area contributed by atoms with Crippen LogP contribution in [0.15, 0.2) is 6.20 Å². The first-order valence-electron chi connectivity index (χ1n) is 4.32. The molecule has 0 radical (unpaired) electrons. The molecule has 0 aliphatic rings. The van der Waals surface area contributed by atoms with E-state index in [4.69, 9.17) is 16.9 Å². The molecule has 3 nitrogen and oxygen atoms in total. The van der Waals surface area contributed by atoms with E-state index in [1.807, 2.05) is 0 Å². The van der Waals surface area contributed by atoms with E-state index in [2.05, 4.69) is 9.72 Å². The number of hydrogen-bond donors (Lipinski definition) is 0. The fourth-order valence-corrected chi connectivity index (χ4v) is 1.40. The Bertz CT molecular complexity index is 483. The fourth-order valence-electron chi connectivity index (χ4n) is 1.18. The second kappa shape index (κ2) is 5.35. The second-order valence-electron chi connectivity index (χ2n) is 2.96. The highest BCUT2D eigenvalue weighted by atomic mass is 35.5. The summed E-state index contributed by atoms with van der Waals surface area (Å²) in [5.74, 6) is -1.79. The minimum Gasteiger partial charge on any atom is -0.404 e. The molecule has 0 saturated carbocycles. The first-order valence-corrected chi connectivity index (χ1v) is 4.85. The third kappa shape index (κ3) is 3.20. The molecule has 0 atom stereocenters. The molecule has 1 rings (SSSR count). The van der Waals surface area contributed by atoms with Crippen LogP contribution in [0.2, 0.25) is 0 Å². The zero-order valence-electron chi connectivity index (χ0n) is 8.43. The Balaban J connectivity index is 3.47. The molecule has 0 aliphatic heterocycles. The van der Waals surface area contributed by atoms with E-state index in [0.29, 0.717) is 6.20 Å². The van der Waals surface area contributed by atoms with Crippen LogP contribution in [0.25, 0.3) is 0 Å². The summed E-state index contributed by atoms with van der Waals surface area (Å²) in [6.07, 6.45) is -7.79. The maximum atomic E-state index is 12.7. The summed E-state index contributed by atoms with van der Waals surface area (Å²) >= 11 is 5.30. The minimum absolute atomic E-state index is 0.468. The molecule has 1 aromatic rings. The van der Waals surface area contributed by atoms with Gasteiger partial charge in [0.15, 0.2) is 5.75 Å². The molecule has 0 saturated heterocycles. The number of ether oxygens (including phenoxy) is 1. The Labute approximate surface area is 103 Å². The maximum Gasteiger partial charge on any atom is 0.573 e. The maximum absolute atomic E-state index is 12.7. The predicted molar refractivity (Wildman–Crippen MR) is 50.1 cm³/mol. The molecule has 0 bridgehead atoms. The van der Waals surface area contributed by atoms with E-state index in [0.717, 1.165) is 0 Å². The molecule has 0 aliphatic carbocycles. The molecule has 0 amide bonds. The van der Waals surface area contributed by atoms with Crippen molar-refractivity contribution in [2.45, 2.75) is 18.7 Å². The summed E-state index contributed by atoms with van der Waals surface area (Å²) in [7, 11) is 0. The Hall–Kier alpha value is -1.62. The number of rotatable bonds is 3. The normalized spacial score (nSPS) is 11.4. The van der Waals surface area contributed by atoms with Crippen LogP contribution in [0.1, 0.15) is 23.2 Å². The third-order valence-corrected chi connectivity index (χ3v) is 2.09. The van der Waals surface area contributed by atoms with Crippen LogP contribution >= 0.6 is 11.6 Å². The smallest absolute Gasteiger partial charge is 0.404 e. The van der Waals surface area contributed by atoms with Crippen LogP contribution in [-0.4, -0.2) is 11.3 Å². The van der Waals surface area contributed by atoms with Crippen molar-refractivity contribution in [3.8, 4) is 11.8 Å². The van der Waals surface area contributed by atoms with Crippen molar-refractivity contribution in [2.24, 2.45) is 0 Å². The summed E-state index contributed by atoms with van der Waals surface area (Å²) in [4.78, 5) is 3.40. The number of pyridine rings is 1. The van der Waals surface area contributed by atoms with E-state index in [9.17, 15) is 22.0 Å². The monoisotopic (exact) mass is 286 g/mol. The summed E-state index contributed by atoms with van der Waals surface area (Å²) in [5, 5.41) is 8.57. The lowest BCUT2D eigenvalue weighted by atomic mass is 10.1. The Kier molecular flexibility index (Phi) is 4.29. The van der Waals surface area contributed by atoms with Gasteiger partial charge in [-0.25, -0.2) is 8.78 Å². The van der Waals surface area contributed by atoms with Crippen molar-refractivity contribution in [3.05, 3.63) is 23.0 Å². The molecule has 18 heavy (non-hydrogen) atoms. The van der Waals surface area contributed by atoms with Crippen LogP contribution in [0.3, 0.4) is 0 Å². The molecule has 9 heteroatoms. The molecule has 1 aromatic heterocycles. The Morgan fingerprint density at radius 2 is 2.06 bits per heavy atom. The van der Waals surface area contributed by atoms with Crippen LogP contribution in [0, 0.1) is 11.3 Å². The quantitative estimate of drug-likeness (QED) is 0.631. The highest BCUT2D eigenvalue weighted by Gasteiger charge is 2.36. The Morgan fingerprint density at radius 1 is 1.44 bits per heavy atom. The van der Waals surface area contributed by atoms with Gasteiger partial charge in [0.2, 0.25) is 0 Å². The Morgan fingerprint density at radius 3 is 2.44 bits per heavy atom. The number of nitriles is 1. The predicted octanol–water partition coefficient (Wildman–Crippen LogP) is 3.53. The molecule has 0 spiro atoms. The van der Waals surface area contributed by atoms with Gasteiger partial charge in [-0.3, -0.25) is 4.98 Å². The van der Waals surface area contributed by atoms with E-state index in [-0.39, 0.29) is 0 Å². The number of alkyl halides is 6. The van der Waals surface area contributed by atoms with E-state index >= 15 is 0 Å². The van der Waals surface area contributed by atoms with Gasteiger partial charge in [-0.2, -0.15) is 5.26 Å². The number of nitrogens with zero attached hydrogens (tertiary/aromatic N) is 2. The molecular formula is C9H4ClF5N2O. The lowest BCUT2D eigenvalue weighted by Crippen LogP contribution is -2.20. The van der Waals surface area contributed by atoms with Crippen LogP contribution in [-0.2, 0) is 5.88 Å². The summed E-state index contributed by atoms with van der Waals surface area (Å²) in [5.41, 5.74) is -2.33. The number of halogens is 6. The molecule has 1 heterocycles. The van der Waals surface area contributed by atoms with Crippen molar-refractivity contribution < 1.29 is 26.7 Å². The van der Waals surface area contributed by atoms with E-state index in [1.54, 1.807) is 0 Å². The third-order valence-electron chi connectivity index (χ3n) is 1.83. The largest absolute Gasteiger partial charge is 0.573 e. The van der Waals surface area contributed by atoms with E-state index < -0.39 is 41.2 Å². The number of aromatic nitrogens is 1. The van der Waals surface area contributed by atoms with Gasteiger partial charge >= 0.3 is 6.36 Å². The highest BCUT2D eigenvalue weighted by molar-refractivity contribution is 6.17. The van der Waals surface area contributed by atoms with Crippen LogP contribution in [0.5, 0.6) is 5.75 Å². The standard InChI is InChI=1S/C9H4ClF5N2O/c10-1-5-6(8(11)12)7(18-9(13,14)15)4(2-16)3-17-5/h3,8H,1H2. The first kappa shape index (κ1) is 14.4. The SMILES string of the molecule is N#Cc1cnc(CCl)c(C(F)F)c1OC(F)(F)F. The fraction of sp³-hybridized carbons (Fsp3) is 0.333. The average Bonchev–Trinajstić information content (AvgIpc) is 2.25. The summed E-state index contributed by atoms with van der Waals surface area (Å²) in [6, 6.07) is 1.30. The number of hydrogen-bond acceptors (Lipinski definition) is 3. The summed E-state index contributed by atoms with van der Waals surface area (Å²) < 4.78 is 65.2. The lowest BCUT2D eigenvalue weighted by Gasteiger charge is -2.15. The first-order chi connectivity index (χ1) is 8.30. The van der Waals surface area contributed by atoms with Crippen LogP contribution < -0.4 is 4.74 Å². The van der Waals surface area contributed by atoms with Crippen molar-refractivity contribution in [1.82, 2.24) is 4.98 Å². The lowest BCUT2D eigenvalue weighted by molar-refractivity contribution is -0.275. The van der Waals surface area contributed by atoms with Crippen molar-refractivity contribution in [2.75, 3.05) is 0 Å². The van der Waals surface area contributed by atoms with Crippen LogP contribution in [0.4, 0.5) is 22.0 Å². The zero-order valence-corrected chi connectivity index (χ0v) is 9.19. The van der Waals surface area contributed by atoms with Gasteiger partial charge in [0, 0.05) is 6.20 Å². The minimum atomic E-state index is -5.19. The van der Waals surface area contributed by atoms with Gasteiger partial charge in [-0.1, -0.05) is 0 Å². The molecule has 98 valence electrons.